The van der Waals surface area contributed by atoms with Gasteiger partial charge in [-0.05, 0) is 38.5 Å². The highest BCUT2D eigenvalue weighted by Gasteiger charge is 2.38. The summed E-state index contributed by atoms with van der Waals surface area (Å²) in [7, 11) is -3.24. The molecule has 3 aliphatic rings. The van der Waals surface area contributed by atoms with Crippen molar-refractivity contribution in [3.8, 4) is 5.75 Å². The molecule has 3 aromatic rings. The second-order valence-electron chi connectivity index (χ2n) is 9.74. The zero-order chi connectivity index (χ0) is 25.0. The molecule has 11 heteroatoms. The Hall–Kier alpha value is -3.18. The van der Waals surface area contributed by atoms with Crippen LogP contribution in [0.5, 0.6) is 5.75 Å². The van der Waals surface area contributed by atoms with E-state index in [0.29, 0.717) is 32.8 Å². The van der Waals surface area contributed by atoms with Crippen molar-refractivity contribution in [1.82, 2.24) is 18.8 Å². The Morgan fingerprint density at radius 3 is 2.67 bits per heavy atom. The Labute approximate surface area is 210 Å². The Morgan fingerprint density at radius 2 is 1.94 bits per heavy atom. The molecule has 5 heterocycles. The molecule has 1 fully saturated rings. The van der Waals surface area contributed by atoms with E-state index in [1.54, 1.807) is 10.5 Å². The van der Waals surface area contributed by atoms with Crippen LogP contribution in [-0.2, 0) is 14.9 Å². The molecule has 0 saturated carbocycles. The Morgan fingerprint density at radius 1 is 1.08 bits per heavy atom. The van der Waals surface area contributed by atoms with Crippen molar-refractivity contribution < 1.29 is 18.0 Å². The largest absolute Gasteiger partial charge is 0.488 e. The van der Waals surface area contributed by atoms with Gasteiger partial charge in [0.2, 0.25) is 16.0 Å². The van der Waals surface area contributed by atoms with Crippen molar-refractivity contribution in [3.63, 3.8) is 0 Å². The number of sulfonamides is 1. The fourth-order valence-electron chi connectivity index (χ4n) is 5.63. The van der Waals surface area contributed by atoms with Gasteiger partial charge in [0.1, 0.15) is 30.0 Å². The fourth-order valence-corrected chi connectivity index (χ4v) is 6.50. The first-order chi connectivity index (χ1) is 17.3. The normalized spacial score (nSPS) is 24.8. The minimum atomic E-state index is -3.24. The van der Waals surface area contributed by atoms with Crippen LogP contribution in [0.2, 0.25) is 0 Å². The molecule has 0 N–H and O–H groups in total. The molecular formula is C25H30N6O4S. The van der Waals surface area contributed by atoms with Crippen molar-refractivity contribution in [3.05, 3.63) is 47.8 Å². The molecule has 36 heavy (non-hydrogen) atoms. The number of hydrogen-bond acceptors (Lipinski definition) is 8. The predicted octanol–water partition coefficient (Wildman–Crippen LogP) is 2.76. The molecule has 0 amide bonds. The summed E-state index contributed by atoms with van der Waals surface area (Å²) >= 11 is 0. The molecule has 0 spiro atoms. The maximum atomic E-state index is 12.2. The lowest BCUT2D eigenvalue weighted by Gasteiger charge is -2.31. The van der Waals surface area contributed by atoms with E-state index in [4.69, 9.17) is 14.6 Å². The Kier molecular flexibility index (Phi) is 5.64. The maximum Gasteiger partial charge on any atom is 0.211 e. The fraction of sp³-hybridized carbons (Fsp3) is 0.480. The number of hydrogen-bond donors (Lipinski definition) is 0. The molecular weight excluding hydrogens is 480 g/mol. The molecule has 1 saturated heterocycles. The van der Waals surface area contributed by atoms with Gasteiger partial charge in [0.25, 0.3) is 0 Å². The molecule has 2 aromatic heterocycles. The minimum Gasteiger partial charge on any atom is -0.488 e. The number of benzene rings is 1. The van der Waals surface area contributed by atoms with E-state index in [0.717, 1.165) is 46.1 Å². The van der Waals surface area contributed by atoms with Crippen LogP contribution in [-0.4, -0.2) is 78.1 Å². The zero-order valence-corrected chi connectivity index (χ0v) is 21.5. The number of oxime groups is 1. The summed E-state index contributed by atoms with van der Waals surface area (Å²) in [6.07, 6.45) is 3.71. The minimum absolute atomic E-state index is 0.00380. The van der Waals surface area contributed by atoms with Crippen molar-refractivity contribution in [1.29, 1.82) is 0 Å². The predicted molar refractivity (Wildman–Crippen MR) is 137 cm³/mol. The van der Waals surface area contributed by atoms with Crippen LogP contribution in [0.15, 0.2) is 41.7 Å². The lowest BCUT2D eigenvalue weighted by atomic mass is 9.89. The summed E-state index contributed by atoms with van der Waals surface area (Å²) in [5.74, 6) is 1.63. The molecule has 6 rings (SSSR count). The third-order valence-corrected chi connectivity index (χ3v) is 8.67. The van der Waals surface area contributed by atoms with E-state index in [9.17, 15) is 8.42 Å². The van der Waals surface area contributed by atoms with Crippen LogP contribution in [0.3, 0.4) is 0 Å². The highest BCUT2D eigenvalue weighted by molar-refractivity contribution is 7.88. The first-order valence-corrected chi connectivity index (χ1v) is 14.2. The number of nitrogens with zero attached hydrogens (tertiary/aromatic N) is 6. The molecule has 3 atom stereocenters. The van der Waals surface area contributed by atoms with E-state index in [-0.39, 0.29) is 18.1 Å². The van der Waals surface area contributed by atoms with Crippen molar-refractivity contribution >= 4 is 32.7 Å². The average Bonchev–Trinajstić information content (AvgIpc) is 3.29. The standard InChI is InChI=1S/C25H30N6O4S/c1-16-22(17(2)35-28-16)18-8-9-20-23-24(18)34-15-21(19-7-4-5-10-26-19)31(23)25(27-20)29-11-6-12-30(14-13-29)36(3,32)33/h4-5,7-10,17,21-22H,6,11-15H2,1-3H3/t17?,21-,22?/m1/s1. The molecule has 0 bridgehead atoms. The molecule has 190 valence electrons. The monoisotopic (exact) mass is 510 g/mol. The van der Waals surface area contributed by atoms with Crippen LogP contribution in [0.4, 0.5) is 5.95 Å². The van der Waals surface area contributed by atoms with Crippen LogP contribution < -0.4 is 9.64 Å². The summed E-state index contributed by atoms with van der Waals surface area (Å²) in [5.41, 5.74) is 4.64. The quantitative estimate of drug-likeness (QED) is 0.532. The number of ether oxygens (including phenoxy) is 1. The summed E-state index contributed by atoms with van der Waals surface area (Å²) in [6.45, 7) is 6.64. The van der Waals surface area contributed by atoms with Gasteiger partial charge in [-0.3, -0.25) is 9.55 Å². The van der Waals surface area contributed by atoms with Gasteiger partial charge in [0.05, 0.1) is 29.1 Å². The lowest BCUT2D eigenvalue weighted by molar-refractivity contribution is 0.0897. The topological polar surface area (TPSA) is 102 Å². The van der Waals surface area contributed by atoms with Gasteiger partial charge in [-0.1, -0.05) is 17.3 Å². The van der Waals surface area contributed by atoms with Crippen LogP contribution in [0.25, 0.3) is 11.0 Å². The van der Waals surface area contributed by atoms with Gasteiger partial charge in [-0.2, -0.15) is 0 Å². The highest BCUT2D eigenvalue weighted by atomic mass is 32.2. The zero-order valence-electron chi connectivity index (χ0n) is 20.7. The van der Waals surface area contributed by atoms with Gasteiger partial charge in [0, 0.05) is 37.9 Å². The summed E-state index contributed by atoms with van der Waals surface area (Å²) in [6, 6.07) is 9.85. The molecule has 2 unspecified atom stereocenters. The van der Waals surface area contributed by atoms with Gasteiger partial charge in [-0.15, -0.1) is 0 Å². The third-order valence-electron chi connectivity index (χ3n) is 7.37. The number of anilines is 1. The molecule has 0 radical (unpaired) electrons. The second-order valence-corrected chi connectivity index (χ2v) is 11.7. The summed E-state index contributed by atoms with van der Waals surface area (Å²) in [4.78, 5) is 17.5. The maximum absolute atomic E-state index is 12.2. The lowest BCUT2D eigenvalue weighted by Crippen LogP contribution is -2.36. The van der Waals surface area contributed by atoms with Gasteiger partial charge < -0.3 is 14.5 Å². The smallest absolute Gasteiger partial charge is 0.211 e. The number of aromatic nitrogens is 3. The SMILES string of the molecule is CC1=NOC(C)C1c1ccc2nc(N3CCCN(S(C)(=O)=O)CC3)n3c2c1OC[C@@H]3c1ccccn1. The second kappa shape index (κ2) is 8.74. The number of rotatable bonds is 4. The van der Waals surface area contributed by atoms with E-state index in [1.165, 1.54) is 6.26 Å². The van der Waals surface area contributed by atoms with Crippen LogP contribution in [0.1, 0.15) is 43.5 Å². The van der Waals surface area contributed by atoms with Crippen molar-refractivity contribution in [2.45, 2.75) is 38.3 Å². The molecule has 10 nitrogen and oxygen atoms in total. The molecule has 0 aliphatic carbocycles. The first-order valence-electron chi connectivity index (χ1n) is 12.3. The van der Waals surface area contributed by atoms with E-state index >= 15 is 0 Å². The highest BCUT2D eigenvalue weighted by Crippen LogP contribution is 2.45. The van der Waals surface area contributed by atoms with E-state index in [2.05, 4.69) is 25.7 Å². The van der Waals surface area contributed by atoms with Crippen LogP contribution in [0, 0.1) is 0 Å². The van der Waals surface area contributed by atoms with Crippen molar-refractivity contribution in [2.75, 3.05) is 43.9 Å². The van der Waals surface area contributed by atoms with Crippen LogP contribution >= 0.6 is 0 Å². The van der Waals surface area contributed by atoms with Crippen molar-refractivity contribution in [2.24, 2.45) is 5.16 Å². The Balaban J connectivity index is 1.50. The van der Waals surface area contributed by atoms with E-state index < -0.39 is 10.0 Å². The Bertz CT molecular complexity index is 1440. The van der Waals surface area contributed by atoms with Gasteiger partial charge in [0.15, 0.2) is 0 Å². The third kappa shape index (κ3) is 3.81. The van der Waals surface area contributed by atoms with Gasteiger partial charge in [-0.25, -0.2) is 17.7 Å². The summed E-state index contributed by atoms with van der Waals surface area (Å²) < 4.78 is 34.7. The summed E-state index contributed by atoms with van der Waals surface area (Å²) in [5, 5.41) is 4.22. The first kappa shape index (κ1) is 23.2. The molecule has 1 aromatic carbocycles. The molecule has 3 aliphatic heterocycles. The van der Waals surface area contributed by atoms with E-state index in [1.807, 2.05) is 38.1 Å². The number of imidazole rings is 1. The number of pyridine rings is 1. The van der Waals surface area contributed by atoms with Gasteiger partial charge >= 0.3 is 0 Å². The average molecular weight is 511 g/mol.